The lowest BCUT2D eigenvalue weighted by Gasteiger charge is -2.06. The Hall–Kier alpha value is -2.27. The molecule has 0 saturated carbocycles. The molecule has 2 rings (SSSR count). The fourth-order valence-electron chi connectivity index (χ4n) is 1.86. The molecule has 4 nitrogen and oxygen atoms in total. The molecule has 3 N–H and O–H groups in total. The summed E-state index contributed by atoms with van der Waals surface area (Å²) in [6, 6.07) is 14.8. The van der Waals surface area contributed by atoms with Crippen molar-refractivity contribution in [3.8, 4) is 0 Å². The first-order valence-electron chi connectivity index (χ1n) is 6.87. The quantitative estimate of drug-likeness (QED) is 0.861. The second-order valence-electron chi connectivity index (χ2n) is 4.97. The van der Waals surface area contributed by atoms with E-state index in [0.717, 1.165) is 5.75 Å². The van der Waals surface area contributed by atoms with Gasteiger partial charge in [0.25, 0.3) is 0 Å². The first-order chi connectivity index (χ1) is 10.5. The lowest BCUT2D eigenvalue weighted by molar-refractivity contribution is -0.113. The van der Waals surface area contributed by atoms with Crippen molar-refractivity contribution in [2.75, 3.05) is 11.1 Å². The molecule has 0 aromatic heterocycles. The first kappa shape index (κ1) is 16.1. The highest BCUT2D eigenvalue weighted by Gasteiger charge is 2.04. The number of nitrogens with two attached hydrogens (primary N) is 1. The number of hydrogen-bond donors (Lipinski definition) is 2. The maximum Gasteiger partial charge on any atom is 0.248 e. The third-order valence-corrected chi connectivity index (χ3v) is 4.08. The van der Waals surface area contributed by atoms with Crippen molar-refractivity contribution < 1.29 is 9.59 Å². The van der Waals surface area contributed by atoms with Crippen molar-refractivity contribution in [3.63, 3.8) is 0 Å². The number of primary amides is 1. The van der Waals surface area contributed by atoms with Crippen LogP contribution < -0.4 is 11.1 Å². The molecule has 0 aliphatic heterocycles. The van der Waals surface area contributed by atoms with Crippen LogP contribution in [-0.4, -0.2) is 17.6 Å². The molecule has 0 unspecified atom stereocenters. The number of aryl methyl sites for hydroxylation is 1. The van der Waals surface area contributed by atoms with E-state index in [-0.39, 0.29) is 5.91 Å². The third-order valence-electron chi connectivity index (χ3n) is 3.08. The number of carbonyl (C=O) groups is 2. The van der Waals surface area contributed by atoms with Crippen LogP contribution in [0.3, 0.4) is 0 Å². The summed E-state index contributed by atoms with van der Waals surface area (Å²) in [5, 5.41) is 2.79. The highest BCUT2D eigenvalue weighted by Crippen LogP contribution is 2.14. The van der Waals surface area contributed by atoms with Crippen LogP contribution in [0.1, 0.15) is 21.5 Å². The van der Waals surface area contributed by atoms with Crippen LogP contribution in [0, 0.1) is 6.92 Å². The van der Waals surface area contributed by atoms with Gasteiger partial charge in [-0.3, -0.25) is 9.59 Å². The van der Waals surface area contributed by atoms with Crippen molar-refractivity contribution >= 4 is 29.3 Å². The molecule has 0 aliphatic carbocycles. The number of hydrogen-bond acceptors (Lipinski definition) is 3. The van der Waals surface area contributed by atoms with E-state index in [2.05, 4.69) is 29.6 Å². The molecule has 5 heteroatoms. The molecule has 22 heavy (non-hydrogen) atoms. The maximum atomic E-state index is 11.9. The van der Waals surface area contributed by atoms with Crippen LogP contribution in [-0.2, 0) is 10.5 Å². The Bertz CT molecular complexity index is 651. The summed E-state index contributed by atoms with van der Waals surface area (Å²) in [4.78, 5) is 22.8. The Kier molecular flexibility index (Phi) is 5.61. The van der Waals surface area contributed by atoms with Crippen LogP contribution >= 0.6 is 11.8 Å². The zero-order chi connectivity index (χ0) is 15.9. The summed E-state index contributed by atoms with van der Waals surface area (Å²) in [6.45, 7) is 2.05. The van der Waals surface area contributed by atoms with Crippen molar-refractivity contribution in [2.45, 2.75) is 12.7 Å². The van der Waals surface area contributed by atoms with Crippen molar-refractivity contribution in [3.05, 3.63) is 65.2 Å². The molecule has 114 valence electrons. The normalized spacial score (nSPS) is 10.2. The van der Waals surface area contributed by atoms with E-state index in [4.69, 9.17) is 5.73 Å². The number of amides is 2. The molecule has 2 aromatic rings. The minimum absolute atomic E-state index is 0.0658. The molecule has 0 heterocycles. The van der Waals surface area contributed by atoms with E-state index >= 15 is 0 Å². The van der Waals surface area contributed by atoms with Gasteiger partial charge in [-0.2, -0.15) is 0 Å². The fourth-order valence-corrected chi connectivity index (χ4v) is 2.65. The Balaban J connectivity index is 1.77. The molecule has 0 bridgehead atoms. The summed E-state index contributed by atoms with van der Waals surface area (Å²) in [5.74, 6) is 0.634. The van der Waals surface area contributed by atoms with Crippen molar-refractivity contribution in [2.24, 2.45) is 5.73 Å². The molecule has 0 atom stereocenters. The lowest BCUT2D eigenvalue weighted by atomic mass is 10.2. The van der Waals surface area contributed by atoms with Gasteiger partial charge in [0.2, 0.25) is 11.8 Å². The molecule has 0 radical (unpaired) electrons. The molecular weight excluding hydrogens is 296 g/mol. The number of benzene rings is 2. The maximum absolute atomic E-state index is 11.9. The topological polar surface area (TPSA) is 72.2 Å². The fraction of sp³-hybridized carbons (Fsp3) is 0.176. The van der Waals surface area contributed by atoms with Gasteiger partial charge in [-0.15, -0.1) is 11.8 Å². The highest BCUT2D eigenvalue weighted by molar-refractivity contribution is 7.99. The Morgan fingerprint density at radius 3 is 2.27 bits per heavy atom. The monoisotopic (exact) mass is 314 g/mol. The van der Waals surface area contributed by atoms with Crippen molar-refractivity contribution in [1.29, 1.82) is 0 Å². The van der Waals surface area contributed by atoms with E-state index < -0.39 is 5.91 Å². The zero-order valence-electron chi connectivity index (χ0n) is 12.3. The van der Waals surface area contributed by atoms with Crippen LogP contribution in [0.4, 0.5) is 5.69 Å². The van der Waals surface area contributed by atoms with E-state index in [0.29, 0.717) is 17.0 Å². The summed E-state index contributed by atoms with van der Waals surface area (Å²) >= 11 is 1.56. The number of thioether (sulfide) groups is 1. The van der Waals surface area contributed by atoms with Gasteiger partial charge in [0.05, 0.1) is 5.75 Å². The molecule has 0 spiro atoms. The predicted molar refractivity (Wildman–Crippen MR) is 90.9 cm³/mol. The van der Waals surface area contributed by atoms with Gasteiger partial charge in [0, 0.05) is 17.0 Å². The smallest absolute Gasteiger partial charge is 0.248 e. The summed E-state index contributed by atoms with van der Waals surface area (Å²) in [6.07, 6.45) is 0. The Morgan fingerprint density at radius 1 is 1.05 bits per heavy atom. The van der Waals surface area contributed by atoms with Gasteiger partial charge < -0.3 is 11.1 Å². The number of rotatable bonds is 6. The average molecular weight is 314 g/mol. The molecule has 0 aliphatic rings. The van der Waals surface area contributed by atoms with Crippen LogP contribution in [0.15, 0.2) is 48.5 Å². The van der Waals surface area contributed by atoms with Gasteiger partial charge in [0.15, 0.2) is 0 Å². The van der Waals surface area contributed by atoms with Crippen LogP contribution in [0.5, 0.6) is 0 Å². The van der Waals surface area contributed by atoms with E-state index in [1.165, 1.54) is 11.1 Å². The number of carbonyl (C=O) groups excluding carboxylic acids is 2. The van der Waals surface area contributed by atoms with E-state index in [1.807, 2.05) is 6.92 Å². The summed E-state index contributed by atoms with van der Waals surface area (Å²) < 4.78 is 0. The minimum atomic E-state index is -0.480. The molecule has 2 aromatic carbocycles. The third kappa shape index (κ3) is 4.93. The first-order valence-corrected chi connectivity index (χ1v) is 8.03. The van der Waals surface area contributed by atoms with Gasteiger partial charge >= 0.3 is 0 Å². The molecular formula is C17H18N2O2S. The van der Waals surface area contributed by atoms with E-state index in [1.54, 1.807) is 36.0 Å². The minimum Gasteiger partial charge on any atom is -0.366 e. The van der Waals surface area contributed by atoms with Gasteiger partial charge in [0.1, 0.15) is 0 Å². The summed E-state index contributed by atoms with van der Waals surface area (Å²) in [7, 11) is 0. The number of nitrogens with one attached hydrogen (secondary N) is 1. The molecule has 0 fully saturated rings. The van der Waals surface area contributed by atoms with Gasteiger partial charge in [-0.25, -0.2) is 0 Å². The second-order valence-corrected chi connectivity index (χ2v) is 5.95. The van der Waals surface area contributed by atoms with Crippen molar-refractivity contribution in [1.82, 2.24) is 0 Å². The van der Waals surface area contributed by atoms with Crippen LogP contribution in [0.2, 0.25) is 0 Å². The largest absolute Gasteiger partial charge is 0.366 e. The standard InChI is InChI=1S/C17H18N2O2S/c1-12-2-4-13(5-3-12)10-22-11-16(20)19-15-8-6-14(7-9-15)17(18)21/h2-9H,10-11H2,1H3,(H2,18,21)(H,19,20). The lowest BCUT2D eigenvalue weighted by Crippen LogP contribution is -2.15. The highest BCUT2D eigenvalue weighted by atomic mass is 32.2. The SMILES string of the molecule is Cc1ccc(CSCC(=O)Nc2ccc(C(N)=O)cc2)cc1. The molecule has 2 amide bonds. The van der Waals surface area contributed by atoms with Gasteiger partial charge in [-0.1, -0.05) is 29.8 Å². The zero-order valence-corrected chi connectivity index (χ0v) is 13.2. The Morgan fingerprint density at radius 2 is 1.68 bits per heavy atom. The summed E-state index contributed by atoms with van der Waals surface area (Å²) in [5.41, 5.74) is 8.68. The average Bonchev–Trinajstić information content (AvgIpc) is 2.50. The second kappa shape index (κ2) is 7.66. The predicted octanol–water partition coefficient (Wildman–Crippen LogP) is 2.97. The van der Waals surface area contributed by atoms with E-state index in [9.17, 15) is 9.59 Å². The Labute approximate surface area is 134 Å². The van der Waals surface area contributed by atoms with Gasteiger partial charge in [-0.05, 0) is 36.8 Å². The molecule has 0 saturated heterocycles. The van der Waals surface area contributed by atoms with Crippen LogP contribution in [0.25, 0.3) is 0 Å². The number of anilines is 1.